The zero-order chi connectivity index (χ0) is 16.5. The van der Waals surface area contributed by atoms with Crippen molar-refractivity contribution in [3.8, 4) is 0 Å². The summed E-state index contributed by atoms with van der Waals surface area (Å²) in [4.78, 5) is 13.6. The molecule has 2 atom stereocenters. The quantitative estimate of drug-likeness (QED) is 0.910. The maximum atomic E-state index is 13.6. The number of likely N-dealkylation sites (tertiary alicyclic amines) is 1. The number of nitrogens with zero attached hydrogens (tertiary/aromatic N) is 1. The Bertz CT molecular complexity index is 553. The minimum Gasteiger partial charge on any atom is -0.444 e. The van der Waals surface area contributed by atoms with Crippen LogP contribution in [0.5, 0.6) is 0 Å². The lowest BCUT2D eigenvalue weighted by Crippen LogP contribution is -2.35. The number of aliphatic hydroxyl groups is 1. The number of ether oxygens (including phenoxy) is 1. The first-order valence-corrected chi connectivity index (χ1v) is 7.59. The maximum absolute atomic E-state index is 13.6. The molecular weight excluding hydrogens is 285 g/mol. The van der Waals surface area contributed by atoms with E-state index in [2.05, 4.69) is 0 Å². The smallest absolute Gasteiger partial charge is 0.410 e. The molecule has 0 radical (unpaired) electrons. The van der Waals surface area contributed by atoms with E-state index in [1.54, 1.807) is 24.0 Å². The highest BCUT2D eigenvalue weighted by atomic mass is 19.1. The highest BCUT2D eigenvalue weighted by molar-refractivity contribution is 5.68. The minimum absolute atomic E-state index is 0.102. The Balaban J connectivity index is 2.00. The van der Waals surface area contributed by atoms with Gasteiger partial charge in [-0.3, -0.25) is 0 Å². The predicted octanol–water partition coefficient (Wildman–Crippen LogP) is 3.42. The molecule has 0 bridgehead atoms. The minimum atomic E-state index is -0.775. The van der Waals surface area contributed by atoms with Gasteiger partial charge < -0.3 is 14.7 Å². The van der Waals surface area contributed by atoms with Crippen molar-refractivity contribution >= 4 is 6.09 Å². The average molecular weight is 309 g/mol. The number of benzene rings is 1. The largest absolute Gasteiger partial charge is 0.444 e. The van der Waals surface area contributed by atoms with Crippen molar-refractivity contribution in [1.82, 2.24) is 4.90 Å². The van der Waals surface area contributed by atoms with Gasteiger partial charge in [0.15, 0.2) is 0 Å². The molecule has 2 rings (SSSR count). The molecule has 122 valence electrons. The summed E-state index contributed by atoms with van der Waals surface area (Å²) >= 11 is 0. The molecule has 0 aliphatic carbocycles. The molecule has 1 aliphatic rings. The van der Waals surface area contributed by atoms with E-state index >= 15 is 0 Å². The highest BCUT2D eigenvalue weighted by Gasteiger charge is 2.34. The van der Waals surface area contributed by atoms with Crippen LogP contribution in [0.25, 0.3) is 0 Å². The number of halogens is 1. The first kappa shape index (κ1) is 16.7. The lowest BCUT2D eigenvalue weighted by Gasteiger charge is -2.25. The molecule has 1 amide bonds. The van der Waals surface area contributed by atoms with Crippen LogP contribution >= 0.6 is 0 Å². The molecule has 1 N–H and O–H groups in total. The van der Waals surface area contributed by atoms with Crippen molar-refractivity contribution in [3.63, 3.8) is 0 Å². The molecule has 5 heteroatoms. The molecule has 1 aromatic carbocycles. The van der Waals surface area contributed by atoms with Gasteiger partial charge in [0.25, 0.3) is 0 Å². The van der Waals surface area contributed by atoms with Crippen LogP contribution in [0.1, 0.15) is 44.4 Å². The number of hydrogen-bond donors (Lipinski definition) is 1. The lowest BCUT2D eigenvalue weighted by atomic mass is 9.94. The number of hydrogen-bond acceptors (Lipinski definition) is 3. The fourth-order valence-corrected chi connectivity index (χ4v) is 2.60. The number of rotatable bonds is 2. The van der Waals surface area contributed by atoms with Gasteiger partial charge in [-0.25, -0.2) is 9.18 Å². The maximum Gasteiger partial charge on any atom is 0.410 e. The predicted molar refractivity (Wildman–Crippen MR) is 82.0 cm³/mol. The van der Waals surface area contributed by atoms with Gasteiger partial charge in [-0.05, 0) is 51.3 Å². The monoisotopic (exact) mass is 309 g/mol. The molecule has 0 aromatic heterocycles. The van der Waals surface area contributed by atoms with Crippen LogP contribution in [0.15, 0.2) is 18.2 Å². The van der Waals surface area contributed by atoms with Crippen LogP contribution in [-0.2, 0) is 4.74 Å². The Labute approximate surface area is 130 Å². The highest BCUT2D eigenvalue weighted by Crippen LogP contribution is 2.31. The molecule has 1 aromatic rings. The van der Waals surface area contributed by atoms with Crippen molar-refractivity contribution in [3.05, 3.63) is 35.1 Å². The fourth-order valence-electron chi connectivity index (χ4n) is 2.60. The van der Waals surface area contributed by atoms with Gasteiger partial charge in [0.2, 0.25) is 0 Å². The van der Waals surface area contributed by atoms with Crippen molar-refractivity contribution in [2.75, 3.05) is 13.1 Å². The second kappa shape index (κ2) is 6.24. The van der Waals surface area contributed by atoms with Crippen molar-refractivity contribution in [2.24, 2.45) is 5.92 Å². The van der Waals surface area contributed by atoms with Crippen LogP contribution in [0.3, 0.4) is 0 Å². The second-order valence-electron chi connectivity index (χ2n) is 6.93. The standard InChI is InChI=1S/C17H24FNO3/c1-11-5-6-12(9-14(11)18)15(20)13-7-8-19(10-13)16(21)22-17(2,3)4/h5-6,9,13,15,20H,7-8,10H2,1-4H3. The molecule has 0 saturated carbocycles. The second-order valence-corrected chi connectivity index (χ2v) is 6.93. The van der Waals surface area contributed by atoms with E-state index in [1.807, 2.05) is 20.8 Å². The number of carbonyl (C=O) groups excluding carboxylic acids is 1. The van der Waals surface area contributed by atoms with Gasteiger partial charge in [0.1, 0.15) is 11.4 Å². The van der Waals surface area contributed by atoms with Crippen LogP contribution in [0.4, 0.5) is 9.18 Å². The third kappa shape index (κ3) is 3.97. The van der Waals surface area contributed by atoms with Crippen LogP contribution in [0, 0.1) is 18.7 Å². The molecule has 0 spiro atoms. The summed E-state index contributed by atoms with van der Waals surface area (Å²) in [5, 5.41) is 10.4. The van der Waals surface area contributed by atoms with E-state index in [0.29, 0.717) is 30.6 Å². The fraction of sp³-hybridized carbons (Fsp3) is 0.588. The van der Waals surface area contributed by atoms with Crippen molar-refractivity contribution < 1.29 is 19.0 Å². The Kier molecular flexibility index (Phi) is 4.75. The van der Waals surface area contributed by atoms with Gasteiger partial charge in [-0.2, -0.15) is 0 Å². The summed E-state index contributed by atoms with van der Waals surface area (Å²) in [5.74, 6) is -0.423. The average Bonchev–Trinajstić information content (AvgIpc) is 2.89. The number of amides is 1. The first-order chi connectivity index (χ1) is 10.2. The Morgan fingerprint density at radius 2 is 2.14 bits per heavy atom. The van der Waals surface area contributed by atoms with Crippen molar-refractivity contribution in [1.29, 1.82) is 0 Å². The van der Waals surface area contributed by atoms with Gasteiger partial charge in [-0.15, -0.1) is 0 Å². The third-order valence-electron chi connectivity index (χ3n) is 3.86. The van der Waals surface area contributed by atoms with Crippen LogP contribution < -0.4 is 0 Å². The molecular formula is C17H24FNO3. The van der Waals surface area contributed by atoms with E-state index in [0.717, 1.165) is 0 Å². The number of aliphatic hydroxyl groups excluding tert-OH is 1. The van der Waals surface area contributed by atoms with Gasteiger partial charge >= 0.3 is 6.09 Å². The third-order valence-corrected chi connectivity index (χ3v) is 3.86. The Morgan fingerprint density at radius 3 is 2.73 bits per heavy atom. The summed E-state index contributed by atoms with van der Waals surface area (Å²) in [6.07, 6.45) is -0.463. The van der Waals surface area contributed by atoms with Gasteiger partial charge in [0.05, 0.1) is 6.10 Å². The summed E-state index contributed by atoms with van der Waals surface area (Å²) in [6, 6.07) is 4.77. The summed E-state index contributed by atoms with van der Waals surface area (Å²) in [5.41, 5.74) is 0.574. The zero-order valence-corrected chi connectivity index (χ0v) is 13.6. The summed E-state index contributed by atoms with van der Waals surface area (Å²) in [6.45, 7) is 8.12. The molecule has 4 nitrogen and oxygen atoms in total. The molecule has 1 aliphatic heterocycles. The molecule has 2 unspecified atom stereocenters. The van der Waals surface area contributed by atoms with Gasteiger partial charge in [0, 0.05) is 19.0 Å². The van der Waals surface area contributed by atoms with E-state index in [9.17, 15) is 14.3 Å². The zero-order valence-electron chi connectivity index (χ0n) is 13.6. The summed E-state index contributed by atoms with van der Waals surface area (Å²) < 4.78 is 19.0. The van der Waals surface area contributed by atoms with E-state index in [1.165, 1.54) is 6.07 Å². The normalized spacial score (nSPS) is 20.1. The molecule has 1 saturated heterocycles. The van der Waals surface area contributed by atoms with E-state index in [4.69, 9.17) is 4.74 Å². The van der Waals surface area contributed by atoms with Crippen LogP contribution in [0.2, 0.25) is 0 Å². The first-order valence-electron chi connectivity index (χ1n) is 7.59. The number of aryl methyl sites for hydroxylation is 1. The SMILES string of the molecule is Cc1ccc(C(O)C2CCN(C(=O)OC(C)(C)C)C2)cc1F. The van der Waals surface area contributed by atoms with Gasteiger partial charge in [-0.1, -0.05) is 12.1 Å². The molecule has 1 fully saturated rings. The van der Waals surface area contributed by atoms with Crippen molar-refractivity contribution in [2.45, 2.75) is 45.8 Å². The molecule has 1 heterocycles. The van der Waals surface area contributed by atoms with Crippen LogP contribution in [-0.4, -0.2) is 34.8 Å². The van der Waals surface area contributed by atoms with E-state index in [-0.39, 0.29) is 17.8 Å². The Morgan fingerprint density at radius 1 is 1.45 bits per heavy atom. The topological polar surface area (TPSA) is 49.8 Å². The molecule has 22 heavy (non-hydrogen) atoms. The summed E-state index contributed by atoms with van der Waals surface area (Å²) in [7, 11) is 0. The lowest BCUT2D eigenvalue weighted by molar-refractivity contribution is 0.0268. The number of carbonyl (C=O) groups is 1. The van der Waals surface area contributed by atoms with E-state index < -0.39 is 11.7 Å². The Hall–Kier alpha value is -1.62.